The van der Waals surface area contributed by atoms with Crippen LogP contribution in [0.1, 0.15) is 21.5 Å². The molecule has 0 fully saturated rings. The van der Waals surface area contributed by atoms with Crippen LogP contribution in [-0.2, 0) is 17.9 Å². The number of amides is 1. The number of aromatic carboxylic acids is 1. The third-order valence-electron chi connectivity index (χ3n) is 5.44. The first-order valence-electron chi connectivity index (χ1n) is 10.8. The molecule has 0 saturated carbocycles. The number of carbonyl (C=O) groups excluding carboxylic acids is 1. The maximum atomic E-state index is 13.3. The largest absolute Gasteiger partial charge is 0.497 e. The summed E-state index contributed by atoms with van der Waals surface area (Å²) >= 11 is 0. The number of hydrogen-bond donors (Lipinski definition) is 1. The summed E-state index contributed by atoms with van der Waals surface area (Å²) in [5.74, 6) is 0.933. The lowest BCUT2D eigenvalue weighted by Gasteiger charge is -2.24. The monoisotopic (exact) mass is 479 g/mol. The van der Waals surface area contributed by atoms with Gasteiger partial charge in [-0.1, -0.05) is 18.2 Å². The summed E-state index contributed by atoms with van der Waals surface area (Å²) < 4.78 is 26.9. The number of fused-ring (bicyclic) bond motifs is 1. The fourth-order valence-electron chi connectivity index (χ4n) is 3.64. The van der Waals surface area contributed by atoms with Gasteiger partial charge in [-0.05, 0) is 47.5 Å². The minimum absolute atomic E-state index is 0.0506. The number of carboxylic acid groups (broad SMARTS) is 1. The molecule has 182 valence electrons. The molecular formula is C26H25NO8. The van der Waals surface area contributed by atoms with E-state index in [9.17, 15) is 14.7 Å². The molecule has 1 amide bonds. The van der Waals surface area contributed by atoms with E-state index >= 15 is 0 Å². The first-order valence-corrected chi connectivity index (χ1v) is 10.8. The molecule has 3 aromatic carbocycles. The van der Waals surface area contributed by atoms with E-state index in [2.05, 4.69) is 0 Å². The Morgan fingerprint density at radius 1 is 0.886 bits per heavy atom. The molecule has 0 bridgehead atoms. The van der Waals surface area contributed by atoms with Crippen molar-refractivity contribution in [1.82, 2.24) is 4.90 Å². The van der Waals surface area contributed by atoms with Crippen molar-refractivity contribution in [3.63, 3.8) is 0 Å². The fourth-order valence-corrected chi connectivity index (χ4v) is 3.64. The van der Waals surface area contributed by atoms with Crippen LogP contribution in [0.4, 0.5) is 0 Å². The predicted molar refractivity (Wildman–Crippen MR) is 125 cm³/mol. The number of rotatable bonds is 10. The first-order chi connectivity index (χ1) is 17.0. The van der Waals surface area contributed by atoms with Crippen LogP contribution in [0.3, 0.4) is 0 Å². The van der Waals surface area contributed by atoms with Crippen LogP contribution in [0.25, 0.3) is 0 Å². The molecule has 0 spiro atoms. The summed E-state index contributed by atoms with van der Waals surface area (Å²) in [6.07, 6.45) is 0. The molecule has 9 nitrogen and oxygen atoms in total. The Morgan fingerprint density at radius 3 is 2.34 bits per heavy atom. The Balaban J connectivity index is 1.55. The lowest BCUT2D eigenvalue weighted by atomic mass is 10.1. The topological polar surface area (TPSA) is 104 Å². The summed E-state index contributed by atoms with van der Waals surface area (Å²) in [6.45, 7) is 0.366. The zero-order valence-corrected chi connectivity index (χ0v) is 19.4. The second kappa shape index (κ2) is 10.7. The third kappa shape index (κ3) is 5.75. The first kappa shape index (κ1) is 23.7. The minimum Gasteiger partial charge on any atom is -0.497 e. The molecule has 0 saturated heterocycles. The molecule has 0 aliphatic carbocycles. The van der Waals surface area contributed by atoms with Crippen molar-refractivity contribution >= 4 is 11.9 Å². The van der Waals surface area contributed by atoms with Gasteiger partial charge in [0.25, 0.3) is 5.91 Å². The molecule has 0 radical (unpaired) electrons. The van der Waals surface area contributed by atoms with Crippen LogP contribution < -0.4 is 23.7 Å². The van der Waals surface area contributed by atoms with E-state index in [-0.39, 0.29) is 43.7 Å². The van der Waals surface area contributed by atoms with Gasteiger partial charge in [0.2, 0.25) is 6.79 Å². The molecule has 9 heteroatoms. The Hall–Kier alpha value is -4.40. The number of hydrogen-bond acceptors (Lipinski definition) is 7. The molecule has 1 heterocycles. The predicted octanol–water partition coefficient (Wildman–Crippen LogP) is 3.74. The van der Waals surface area contributed by atoms with Gasteiger partial charge in [-0.2, -0.15) is 0 Å². The fraction of sp³-hybridized carbons (Fsp3) is 0.231. The Morgan fingerprint density at radius 2 is 1.60 bits per heavy atom. The van der Waals surface area contributed by atoms with Crippen molar-refractivity contribution in [2.75, 3.05) is 27.6 Å². The molecule has 0 unspecified atom stereocenters. The van der Waals surface area contributed by atoms with Gasteiger partial charge in [0, 0.05) is 19.2 Å². The Labute approximate surface area is 202 Å². The zero-order valence-electron chi connectivity index (χ0n) is 19.4. The number of methoxy groups -OCH3 is 2. The lowest BCUT2D eigenvalue weighted by Crippen LogP contribution is -2.34. The highest BCUT2D eigenvalue weighted by Crippen LogP contribution is 2.33. The maximum absolute atomic E-state index is 13.3. The van der Waals surface area contributed by atoms with Crippen LogP contribution >= 0.6 is 0 Å². The van der Waals surface area contributed by atoms with Gasteiger partial charge in [0.1, 0.15) is 22.8 Å². The third-order valence-corrected chi connectivity index (χ3v) is 5.44. The van der Waals surface area contributed by atoms with Crippen molar-refractivity contribution in [2.24, 2.45) is 0 Å². The maximum Gasteiger partial charge on any atom is 0.339 e. The van der Waals surface area contributed by atoms with E-state index < -0.39 is 5.97 Å². The molecule has 3 aromatic rings. The summed E-state index contributed by atoms with van der Waals surface area (Å²) in [4.78, 5) is 26.5. The van der Waals surface area contributed by atoms with Gasteiger partial charge in [0.05, 0.1) is 14.2 Å². The quantitative estimate of drug-likeness (QED) is 0.469. The molecular weight excluding hydrogens is 454 g/mol. The average Bonchev–Trinajstić information content (AvgIpc) is 3.34. The zero-order chi connectivity index (χ0) is 24.8. The number of carbonyl (C=O) groups is 2. The van der Waals surface area contributed by atoms with Gasteiger partial charge in [-0.3, -0.25) is 4.79 Å². The number of nitrogens with zero attached hydrogens (tertiary/aromatic N) is 1. The van der Waals surface area contributed by atoms with Crippen molar-refractivity contribution in [1.29, 1.82) is 0 Å². The Bertz CT molecular complexity index is 1230. The minimum atomic E-state index is -1.16. The van der Waals surface area contributed by atoms with Gasteiger partial charge in [0.15, 0.2) is 18.1 Å². The van der Waals surface area contributed by atoms with E-state index in [4.69, 9.17) is 23.7 Å². The SMILES string of the molecule is COc1cccc(CN(Cc2ccc3c(c2)OCO3)C(=O)COc2cc(OC)ccc2C(=O)O)c1. The summed E-state index contributed by atoms with van der Waals surface area (Å²) in [7, 11) is 3.04. The van der Waals surface area contributed by atoms with Crippen molar-refractivity contribution < 1.29 is 38.4 Å². The highest BCUT2D eigenvalue weighted by molar-refractivity contribution is 5.91. The lowest BCUT2D eigenvalue weighted by molar-refractivity contribution is -0.134. The standard InChI is InChI=1S/C26H25NO8/c1-31-19-5-3-4-17(10-19)13-27(14-18-6-9-22-24(11-18)35-16-34-22)25(28)15-33-23-12-20(32-2)7-8-21(23)26(29)30/h3-12H,13-16H2,1-2H3,(H,29,30). The van der Waals surface area contributed by atoms with Crippen LogP contribution in [0, 0.1) is 0 Å². The van der Waals surface area contributed by atoms with E-state index in [0.29, 0.717) is 23.0 Å². The highest BCUT2D eigenvalue weighted by atomic mass is 16.7. The smallest absolute Gasteiger partial charge is 0.339 e. The van der Waals surface area contributed by atoms with Crippen molar-refractivity contribution in [3.05, 3.63) is 77.4 Å². The highest BCUT2D eigenvalue weighted by Gasteiger charge is 2.20. The molecule has 35 heavy (non-hydrogen) atoms. The second-order valence-corrected chi connectivity index (χ2v) is 7.74. The van der Waals surface area contributed by atoms with Crippen LogP contribution in [0.5, 0.6) is 28.7 Å². The number of ether oxygens (including phenoxy) is 5. The van der Waals surface area contributed by atoms with Gasteiger partial charge in [-0.25, -0.2) is 4.79 Å². The number of carboxylic acids is 1. The second-order valence-electron chi connectivity index (χ2n) is 7.74. The summed E-state index contributed by atoms with van der Waals surface area (Å²) in [6, 6.07) is 17.3. The molecule has 0 atom stereocenters. The van der Waals surface area contributed by atoms with Crippen molar-refractivity contribution in [3.8, 4) is 28.7 Å². The molecule has 1 N–H and O–H groups in total. The normalized spacial score (nSPS) is 11.6. The van der Waals surface area contributed by atoms with Crippen LogP contribution in [0.15, 0.2) is 60.7 Å². The molecule has 0 aromatic heterocycles. The van der Waals surface area contributed by atoms with Crippen LogP contribution in [0.2, 0.25) is 0 Å². The summed E-state index contributed by atoms with van der Waals surface area (Å²) in [5.41, 5.74) is 1.65. The van der Waals surface area contributed by atoms with Crippen LogP contribution in [-0.4, -0.2) is 49.5 Å². The van der Waals surface area contributed by atoms with Gasteiger partial charge < -0.3 is 33.7 Å². The Kier molecular flexibility index (Phi) is 7.25. The van der Waals surface area contributed by atoms with Gasteiger partial charge >= 0.3 is 5.97 Å². The average molecular weight is 479 g/mol. The molecule has 1 aliphatic heterocycles. The molecule has 1 aliphatic rings. The number of benzene rings is 3. The molecule has 4 rings (SSSR count). The van der Waals surface area contributed by atoms with E-state index in [1.165, 1.54) is 25.3 Å². The van der Waals surface area contributed by atoms with E-state index in [0.717, 1.165) is 11.1 Å². The summed E-state index contributed by atoms with van der Waals surface area (Å²) in [5, 5.41) is 9.47. The van der Waals surface area contributed by atoms with E-state index in [1.807, 2.05) is 36.4 Å². The van der Waals surface area contributed by atoms with E-state index in [1.54, 1.807) is 18.1 Å². The van der Waals surface area contributed by atoms with Gasteiger partial charge in [-0.15, -0.1) is 0 Å². The van der Waals surface area contributed by atoms with Crippen molar-refractivity contribution in [2.45, 2.75) is 13.1 Å².